The van der Waals surface area contributed by atoms with Crippen molar-refractivity contribution in [1.29, 1.82) is 0 Å². The van der Waals surface area contributed by atoms with Crippen LogP contribution in [0.3, 0.4) is 0 Å². The molecule has 0 unspecified atom stereocenters. The van der Waals surface area contributed by atoms with Crippen LogP contribution in [-0.2, 0) is 5.60 Å². The summed E-state index contributed by atoms with van der Waals surface area (Å²) in [6.45, 7) is 6.16. The second-order valence-corrected chi connectivity index (χ2v) is 8.88. The van der Waals surface area contributed by atoms with Crippen molar-refractivity contribution in [1.82, 2.24) is 5.32 Å². The summed E-state index contributed by atoms with van der Waals surface area (Å²) in [5.41, 5.74) is 1.16. The van der Waals surface area contributed by atoms with Gasteiger partial charge in [-0.2, -0.15) is 0 Å². The van der Waals surface area contributed by atoms with Crippen LogP contribution in [0, 0.1) is 5.92 Å². The number of nitrogens with one attached hydrogen (secondary N) is 1. The molecule has 0 saturated carbocycles. The van der Waals surface area contributed by atoms with E-state index in [1.54, 1.807) is 0 Å². The van der Waals surface area contributed by atoms with Crippen LogP contribution in [-0.4, -0.2) is 29.9 Å². The Balaban J connectivity index is 2.34. The molecule has 0 radical (unpaired) electrons. The summed E-state index contributed by atoms with van der Waals surface area (Å²) < 4.78 is 1.01. The SMILES string of the molecule is CC(C)CC[C@@](O)(c1ccc(Br)cc1)[C@@H](CNCCCCO)c1ccccc1. The standard InChI is InChI=1S/C24H34BrNO2/c1-19(2)14-15-24(28,21-10-12-22(25)13-11-21)23(18-26-16-6-7-17-27)20-8-4-3-5-9-20/h3-5,8-13,19,23,26-28H,6-7,14-18H2,1-2H3/t23-,24+/m0/s1. The van der Waals surface area contributed by atoms with Gasteiger partial charge in [-0.15, -0.1) is 0 Å². The fraction of sp³-hybridized carbons (Fsp3) is 0.500. The minimum absolute atomic E-state index is 0.0530. The van der Waals surface area contributed by atoms with E-state index in [0.29, 0.717) is 18.9 Å². The average molecular weight is 448 g/mol. The van der Waals surface area contributed by atoms with E-state index in [1.807, 2.05) is 42.5 Å². The lowest BCUT2D eigenvalue weighted by atomic mass is 9.73. The smallest absolute Gasteiger partial charge is 0.0977 e. The molecule has 2 atom stereocenters. The summed E-state index contributed by atoms with van der Waals surface area (Å²) in [6.07, 6.45) is 3.40. The van der Waals surface area contributed by atoms with Gasteiger partial charge in [0.05, 0.1) is 5.60 Å². The molecule has 0 aliphatic rings. The molecule has 0 amide bonds. The highest BCUT2D eigenvalue weighted by Gasteiger charge is 2.39. The number of halogens is 1. The number of hydrogen-bond acceptors (Lipinski definition) is 3. The van der Waals surface area contributed by atoms with Crippen molar-refractivity contribution >= 4 is 15.9 Å². The van der Waals surface area contributed by atoms with Gasteiger partial charge in [-0.25, -0.2) is 0 Å². The lowest BCUT2D eigenvalue weighted by molar-refractivity contribution is -0.00632. The zero-order chi connectivity index (χ0) is 20.4. The lowest BCUT2D eigenvalue weighted by Crippen LogP contribution is -2.40. The van der Waals surface area contributed by atoms with Crippen molar-refractivity contribution in [2.75, 3.05) is 19.7 Å². The van der Waals surface area contributed by atoms with Gasteiger partial charge in [-0.3, -0.25) is 0 Å². The third-order valence-corrected chi connectivity index (χ3v) is 5.86. The van der Waals surface area contributed by atoms with Crippen molar-refractivity contribution in [3.8, 4) is 0 Å². The van der Waals surface area contributed by atoms with Crippen LogP contribution in [0.4, 0.5) is 0 Å². The molecule has 0 spiro atoms. The summed E-state index contributed by atoms with van der Waals surface area (Å²) in [4.78, 5) is 0. The Hall–Kier alpha value is -1.20. The lowest BCUT2D eigenvalue weighted by Gasteiger charge is -2.38. The van der Waals surface area contributed by atoms with E-state index in [-0.39, 0.29) is 12.5 Å². The second-order valence-electron chi connectivity index (χ2n) is 7.96. The van der Waals surface area contributed by atoms with E-state index in [9.17, 15) is 5.11 Å². The van der Waals surface area contributed by atoms with Gasteiger partial charge >= 0.3 is 0 Å². The molecular formula is C24H34BrNO2. The highest BCUT2D eigenvalue weighted by molar-refractivity contribution is 9.10. The predicted molar refractivity (Wildman–Crippen MR) is 120 cm³/mol. The van der Waals surface area contributed by atoms with Gasteiger partial charge in [0.1, 0.15) is 0 Å². The van der Waals surface area contributed by atoms with Crippen molar-refractivity contribution < 1.29 is 10.2 Å². The minimum atomic E-state index is -0.948. The first kappa shape index (κ1) is 23.1. The van der Waals surface area contributed by atoms with Crippen molar-refractivity contribution in [3.05, 3.63) is 70.2 Å². The first-order valence-corrected chi connectivity index (χ1v) is 11.1. The van der Waals surface area contributed by atoms with E-state index in [0.717, 1.165) is 41.4 Å². The summed E-state index contributed by atoms with van der Waals surface area (Å²) in [5, 5.41) is 24.6. The molecule has 3 nitrogen and oxygen atoms in total. The second kappa shape index (κ2) is 11.7. The molecule has 0 fully saturated rings. The molecule has 28 heavy (non-hydrogen) atoms. The first-order chi connectivity index (χ1) is 13.5. The maximum Gasteiger partial charge on any atom is 0.0977 e. The molecule has 3 N–H and O–H groups in total. The Kier molecular flexibility index (Phi) is 9.66. The van der Waals surface area contributed by atoms with Crippen LogP contribution in [0.15, 0.2) is 59.1 Å². The van der Waals surface area contributed by atoms with E-state index in [2.05, 4.69) is 47.2 Å². The van der Waals surface area contributed by atoms with E-state index in [1.165, 1.54) is 0 Å². The van der Waals surface area contributed by atoms with Gasteiger partial charge in [-0.05, 0) is 61.4 Å². The third kappa shape index (κ3) is 6.70. The number of rotatable bonds is 12. The highest BCUT2D eigenvalue weighted by Crippen LogP contribution is 2.41. The van der Waals surface area contributed by atoms with Crippen LogP contribution in [0.2, 0.25) is 0 Å². The molecule has 2 aromatic rings. The van der Waals surface area contributed by atoms with Gasteiger partial charge in [0.15, 0.2) is 0 Å². The number of benzene rings is 2. The number of hydrogen-bond donors (Lipinski definition) is 3. The summed E-state index contributed by atoms with van der Waals surface area (Å²) in [6, 6.07) is 18.4. The van der Waals surface area contributed by atoms with E-state index < -0.39 is 5.60 Å². The van der Waals surface area contributed by atoms with Gasteiger partial charge in [0.25, 0.3) is 0 Å². The highest BCUT2D eigenvalue weighted by atomic mass is 79.9. The molecule has 0 bridgehead atoms. The Morgan fingerprint density at radius 3 is 2.29 bits per heavy atom. The Labute approximate surface area is 178 Å². The molecule has 0 aromatic heterocycles. The maximum atomic E-state index is 12.0. The Morgan fingerprint density at radius 1 is 1.00 bits per heavy atom. The number of aliphatic hydroxyl groups excluding tert-OH is 1. The molecule has 2 rings (SSSR count). The summed E-state index contributed by atoms with van der Waals surface area (Å²) in [7, 11) is 0. The molecule has 0 heterocycles. The molecule has 0 aliphatic heterocycles. The van der Waals surface area contributed by atoms with Crippen LogP contribution in [0.25, 0.3) is 0 Å². The first-order valence-electron chi connectivity index (χ1n) is 10.3. The Morgan fingerprint density at radius 2 is 1.68 bits per heavy atom. The molecule has 0 saturated heterocycles. The van der Waals surface area contributed by atoms with Crippen molar-refractivity contribution in [2.24, 2.45) is 5.92 Å². The molecular weight excluding hydrogens is 414 g/mol. The molecule has 4 heteroatoms. The van der Waals surface area contributed by atoms with E-state index >= 15 is 0 Å². The summed E-state index contributed by atoms with van der Waals surface area (Å²) in [5.74, 6) is 0.471. The molecule has 2 aromatic carbocycles. The molecule has 154 valence electrons. The van der Waals surface area contributed by atoms with Crippen LogP contribution < -0.4 is 5.32 Å². The van der Waals surface area contributed by atoms with Crippen LogP contribution in [0.1, 0.15) is 56.6 Å². The maximum absolute atomic E-state index is 12.0. The van der Waals surface area contributed by atoms with Gasteiger partial charge in [0.2, 0.25) is 0 Å². The zero-order valence-electron chi connectivity index (χ0n) is 17.1. The predicted octanol–water partition coefficient (Wildman–Crippen LogP) is 5.22. The van der Waals surface area contributed by atoms with Crippen molar-refractivity contribution in [3.63, 3.8) is 0 Å². The quantitative estimate of drug-likeness (QED) is 0.391. The van der Waals surface area contributed by atoms with Gasteiger partial charge in [-0.1, -0.05) is 72.2 Å². The zero-order valence-corrected chi connectivity index (χ0v) is 18.7. The number of unbranched alkanes of at least 4 members (excludes halogenated alkanes) is 1. The van der Waals surface area contributed by atoms with Gasteiger partial charge < -0.3 is 15.5 Å². The fourth-order valence-electron chi connectivity index (χ4n) is 3.62. The summed E-state index contributed by atoms with van der Waals surface area (Å²) >= 11 is 3.51. The minimum Gasteiger partial charge on any atom is -0.396 e. The third-order valence-electron chi connectivity index (χ3n) is 5.34. The average Bonchev–Trinajstić information content (AvgIpc) is 2.70. The Bertz CT molecular complexity index is 675. The molecule has 0 aliphatic carbocycles. The van der Waals surface area contributed by atoms with Crippen LogP contribution >= 0.6 is 15.9 Å². The monoisotopic (exact) mass is 447 g/mol. The largest absolute Gasteiger partial charge is 0.396 e. The topological polar surface area (TPSA) is 52.5 Å². The van der Waals surface area contributed by atoms with Crippen molar-refractivity contribution in [2.45, 2.75) is 51.0 Å². The number of aliphatic hydroxyl groups is 2. The van der Waals surface area contributed by atoms with E-state index in [4.69, 9.17) is 5.11 Å². The van der Waals surface area contributed by atoms with Crippen LogP contribution in [0.5, 0.6) is 0 Å². The van der Waals surface area contributed by atoms with Gasteiger partial charge in [0, 0.05) is 23.5 Å². The fourth-order valence-corrected chi connectivity index (χ4v) is 3.89. The normalized spacial score (nSPS) is 14.8.